The van der Waals surface area contributed by atoms with E-state index in [0.29, 0.717) is 5.41 Å². The van der Waals surface area contributed by atoms with Gasteiger partial charge in [0.1, 0.15) is 0 Å². The van der Waals surface area contributed by atoms with Gasteiger partial charge in [-0.25, -0.2) is 0 Å². The van der Waals surface area contributed by atoms with Gasteiger partial charge in [-0.3, -0.25) is 0 Å². The molecule has 0 bridgehead atoms. The van der Waals surface area contributed by atoms with Crippen molar-refractivity contribution >= 4 is 5.69 Å². The van der Waals surface area contributed by atoms with Crippen LogP contribution in [0.15, 0.2) is 24.3 Å². The monoisotopic (exact) mass is 270 g/mol. The van der Waals surface area contributed by atoms with Crippen LogP contribution in [0.5, 0.6) is 0 Å². The van der Waals surface area contributed by atoms with Crippen LogP contribution in [0.2, 0.25) is 0 Å². The molecule has 2 heterocycles. The standard InChI is InChI=1S/C18H26N2/c1-2-19-13-16-12-18(16,14-19)15-6-8-17(9-7-15)20-10-4-3-5-11-20/h6-9,16H,2-5,10-14H2,1H3/t16-,18+/m1/s1. The highest BCUT2D eigenvalue weighted by molar-refractivity contribution is 5.50. The molecule has 2 atom stereocenters. The molecule has 1 saturated carbocycles. The second-order valence-corrected chi connectivity index (χ2v) is 6.98. The summed E-state index contributed by atoms with van der Waals surface area (Å²) in [5, 5.41) is 0. The minimum absolute atomic E-state index is 0.524. The third-order valence-corrected chi connectivity index (χ3v) is 5.83. The molecule has 108 valence electrons. The summed E-state index contributed by atoms with van der Waals surface area (Å²) in [5.74, 6) is 0.934. The normalized spacial score (nSPS) is 33.2. The van der Waals surface area contributed by atoms with Crippen LogP contribution in [-0.4, -0.2) is 37.6 Å². The summed E-state index contributed by atoms with van der Waals surface area (Å²) in [7, 11) is 0. The van der Waals surface area contributed by atoms with Gasteiger partial charge in [0, 0.05) is 37.3 Å². The van der Waals surface area contributed by atoms with E-state index in [1.165, 1.54) is 64.1 Å². The van der Waals surface area contributed by atoms with Gasteiger partial charge < -0.3 is 9.80 Å². The van der Waals surface area contributed by atoms with Crippen molar-refractivity contribution in [2.45, 2.75) is 38.0 Å². The Morgan fingerprint density at radius 3 is 2.50 bits per heavy atom. The van der Waals surface area contributed by atoms with E-state index in [0.717, 1.165) is 5.92 Å². The molecule has 20 heavy (non-hydrogen) atoms. The van der Waals surface area contributed by atoms with E-state index in [-0.39, 0.29) is 0 Å². The van der Waals surface area contributed by atoms with Crippen molar-refractivity contribution < 1.29 is 0 Å². The van der Waals surface area contributed by atoms with Crippen molar-refractivity contribution in [3.05, 3.63) is 29.8 Å². The van der Waals surface area contributed by atoms with E-state index in [9.17, 15) is 0 Å². The molecule has 1 aromatic rings. The molecular weight excluding hydrogens is 244 g/mol. The zero-order valence-electron chi connectivity index (χ0n) is 12.6. The maximum atomic E-state index is 2.62. The molecule has 0 N–H and O–H groups in total. The molecule has 0 spiro atoms. The summed E-state index contributed by atoms with van der Waals surface area (Å²) in [5.41, 5.74) is 3.56. The smallest absolute Gasteiger partial charge is 0.0366 e. The molecule has 2 heteroatoms. The van der Waals surface area contributed by atoms with Crippen LogP contribution >= 0.6 is 0 Å². The van der Waals surface area contributed by atoms with Gasteiger partial charge in [-0.1, -0.05) is 19.1 Å². The Labute approximate surface area is 122 Å². The minimum Gasteiger partial charge on any atom is -0.372 e. The van der Waals surface area contributed by atoms with Gasteiger partial charge in [-0.15, -0.1) is 0 Å². The first-order valence-electron chi connectivity index (χ1n) is 8.40. The van der Waals surface area contributed by atoms with E-state index in [4.69, 9.17) is 0 Å². The van der Waals surface area contributed by atoms with Crippen LogP contribution in [0.3, 0.4) is 0 Å². The molecule has 0 aromatic heterocycles. The van der Waals surface area contributed by atoms with Crippen LogP contribution in [-0.2, 0) is 5.41 Å². The number of nitrogens with zero attached hydrogens (tertiary/aromatic N) is 2. The van der Waals surface area contributed by atoms with Crippen molar-refractivity contribution in [3.63, 3.8) is 0 Å². The Morgan fingerprint density at radius 1 is 1.10 bits per heavy atom. The fraction of sp³-hybridized carbons (Fsp3) is 0.667. The predicted octanol–water partition coefficient (Wildman–Crippen LogP) is 3.27. The number of likely N-dealkylation sites (tertiary alicyclic amines) is 1. The average Bonchev–Trinajstić information content (AvgIpc) is 3.10. The Kier molecular flexibility index (Phi) is 3.03. The molecule has 2 saturated heterocycles. The zero-order valence-corrected chi connectivity index (χ0v) is 12.6. The second kappa shape index (κ2) is 4.77. The molecule has 0 amide bonds. The average molecular weight is 270 g/mol. The third kappa shape index (κ3) is 1.96. The lowest BCUT2D eigenvalue weighted by Crippen LogP contribution is -2.29. The summed E-state index contributed by atoms with van der Waals surface area (Å²) in [6, 6.07) is 9.59. The van der Waals surface area contributed by atoms with Gasteiger partial charge in [-0.05, 0) is 55.8 Å². The first-order valence-corrected chi connectivity index (χ1v) is 8.40. The molecule has 0 radical (unpaired) electrons. The van der Waals surface area contributed by atoms with Crippen molar-refractivity contribution in [2.75, 3.05) is 37.6 Å². The number of likely N-dealkylation sites (N-methyl/N-ethyl adjacent to an activating group) is 1. The molecule has 2 aliphatic heterocycles. The summed E-state index contributed by atoms with van der Waals surface area (Å²) >= 11 is 0. The van der Waals surface area contributed by atoms with E-state index >= 15 is 0 Å². The Bertz CT molecular complexity index is 475. The maximum absolute atomic E-state index is 2.62. The summed E-state index contributed by atoms with van der Waals surface area (Å²) in [6.07, 6.45) is 5.55. The lowest BCUT2D eigenvalue weighted by molar-refractivity contribution is 0.314. The Morgan fingerprint density at radius 2 is 1.85 bits per heavy atom. The molecular formula is C18H26N2. The highest BCUT2D eigenvalue weighted by Crippen LogP contribution is 2.58. The predicted molar refractivity (Wildman–Crippen MR) is 84.4 cm³/mol. The molecule has 3 fully saturated rings. The maximum Gasteiger partial charge on any atom is 0.0366 e. The van der Waals surface area contributed by atoms with Gasteiger partial charge in [0.2, 0.25) is 0 Å². The van der Waals surface area contributed by atoms with E-state index in [2.05, 4.69) is 41.0 Å². The van der Waals surface area contributed by atoms with Crippen LogP contribution in [0.1, 0.15) is 38.2 Å². The number of anilines is 1. The minimum atomic E-state index is 0.524. The number of hydrogen-bond acceptors (Lipinski definition) is 2. The van der Waals surface area contributed by atoms with Crippen LogP contribution in [0, 0.1) is 5.92 Å². The summed E-state index contributed by atoms with van der Waals surface area (Å²) < 4.78 is 0. The fourth-order valence-electron chi connectivity index (χ4n) is 4.43. The molecule has 4 rings (SSSR count). The van der Waals surface area contributed by atoms with Gasteiger partial charge in [0.05, 0.1) is 0 Å². The van der Waals surface area contributed by atoms with Gasteiger partial charge in [-0.2, -0.15) is 0 Å². The van der Waals surface area contributed by atoms with E-state index in [1.807, 2.05) is 0 Å². The number of hydrogen-bond donors (Lipinski definition) is 0. The lowest BCUT2D eigenvalue weighted by Gasteiger charge is -2.29. The number of fused-ring (bicyclic) bond motifs is 1. The van der Waals surface area contributed by atoms with Crippen molar-refractivity contribution in [1.82, 2.24) is 4.90 Å². The van der Waals surface area contributed by atoms with Crippen LogP contribution in [0.4, 0.5) is 5.69 Å². The highest BCUT2D eigenvalue weighted by Gasteiger charge is 2.60. The summed E-state index contributed by atoms with van der Waals surface area (Å²) in [6.45, 7) is 8.61. The lowest BCUT2D eigenvalue weighted by atomic mass is 9.94. The second-order valence-electron chi connectivity index (χ2n) is 6.98. The Balaban J connectivity index is 1.51. The quantitative estimate of drug-likeness (QED) is 0.832. The van der Waals surface area contributed by atoms with Crippen LogP contribution < -0.4 is 4.90 Å². The SMILES string of the molecule is CCN1C[C@H]2C[C@@]2(c2ccc(N3CCCCC3)cc2)C1. The van der Waals surface area contributed by atoms with E-state index in [1.54, 1.807) is 5.56 Å². The topological polar surface area (TPSA) is 6.48 Å². The number of piperidine rings is 2. The molecule has 1 aliphatic carbocycles. The highest BCUT2D eigenvalue weighted by atomic mass is 15.2. The van der Waals surface area contributed by atoms with Crippen molar-refractivity contribution in [3.8, 4) is 0 Å². The Hall–Kier alpha value is -1.02. The number of rotatable bonds is 3. The first kappa shape index (κ1) is 12.7. The van der Waals surface area contributed by atoms with Crippen LogP contribution in [0.25, 0.3) is 0 Å². The van der Waals surface area contributed by atoms with Gasteiger partial charge in [0.25, 0.3) is 0 Å². The van der Waals surface area contributed by atoms with Crippen molar-refractivity contribution in [2.24, 2.45) is 5.92 Å². The largest absolute Gasteiger partial charge is 0.372 e. The summed E-state index contributed by atoms with van der Waals surface area (Å²) in [4.78, 5) is 5.18. The molecule has 2 nitrogen and oxygen atoms in total. The van der Waals surface area contributed by atoms with Gasteiger partial charge in [0.15, 0.2) is 0 Å². The molecule has 1 aromatic carbocycles. The van der Waals surface area contributed by atoms with Crippen molar-refractivity contribution in [1.29, 1.82) is 0 Å². The van der Waals surface area contributed by atoms with Gasteiger partial charge >= 0.3 is 0 Å². The number of benzene rings is 1. The molecule has 3 aliphatic rings. The first-order chi connectivity index (χ1) is 9.82. The zero-order chi connectivity index (χ0) is 13.6. The molecule has 0 unspecified atom stereocenters. The third-order valence-electron chi connectivity index (χ3n) is 5.83. The fourth-order valence-corrected chi connectivity index (χ4v) is 4.43. The van der Waals surface area contributed by atoms with E-state index < -0.39 is 0 Å².